The Hall–Kier alpha value is -0.0800. The van der Waals surface area contributed by atoms with Crippen molar-refractivity contribution in [1.29, 1.82) is 0 Å². The van der Waals surface area contributed by atoms with Crippen LogP contribution >= 0.6 is 0 Å². The van der Waals surface area contributed by atoms with Gasteiger partial charge in [0.2, 0.25) is 0 Å². The van der Waals surface area contributed by atoms with E-state index in [0.717, 1.165) is 12.8 Å². The molecule has 2 heteroatoms. The van der Waals surface area contributed by atoms with Gasteiger partial charge in [0.25, 0.3) is 0 Å². The van der Waals surface area contributed by atoms with E-state index >= 15 is 0 Å². The lowest BCUT2D eigenvalue weighted by Crippen LogP contribution is -2.41. The summed E-state index contributed by atoms with van der Waals surface area (Å²) in [4.78, 5) is 0. The molecule has 0 saturated heterocycles. The predicted octanol–water partition coefficient (Wildman–Crippen LogP) is 1.03. The van der Waals surface area contributed by atoms with Crippen LogP contribution in [0, 0.1) is 5.41 Å². The van der Waals surface area contributed by atoms with Crippen LogP contribution in [0.2, 0.25) is 0 Å². The van der Waals surface area contributed by atoms with Crippen LogP contribution in [-0.4, -0.2) is 17.3 Å². The molecular formula is C9H17NO. The molecule has 2 aliphatic rings. The molecule has 11 heavy (non-hydrogen) atoms. The van der Waals surface area contributed by atoms with Crippen LogP contribution in [0.1, 0.15) is 38.5 Å². The minimum atomic E-state index is -0.506. The maximum Gasteiger partial charge on any atom is 0.0769 e. The summed E-state index contributed by atoms with van der Waals surface area (Å²) in [6, 6.07) is 0. The molecule has 3 N–H and O–H groups in total. The number of nitrogens with two attached hydrogens (primary N) is 1. The van der Waals surface area contributed by atoms with Gasteiger partial charge in [-0.25, -0.2) is 0 Å². The highest BCUT2D eigenvalue weighted by atomic mass is 16.3. The second-order valence-electron chi connectivity index (χ2n) is 4.43. The van der Waals surface area contributed by atoms with E-state index in [0.29, 0.717) is 12.0 Å². The zero-order valence-corrected chi connectivity index (χ0v) is 6.97. The van der Waals surface area contributed by atoms with E-state index in [4.69, 9.17) is 5.73 Å². The van der Waals surface area contributed by atoms with E-state index in [2.05, 4.69) is 0 Å². The molecule has 0 atom stereocenters. The van der Waals surface area contributed by atoms with Gasteiger partial charge in [0, 0.05) is 6.54 Å². The molecule has 2 aliphatic carbocycles. The molecule has 0 bridgehead atoms. The van der Waals surface area contributed by atoms with Gasteiger partial charge in [-0.3, -0.25) is 0 Å². The van der Waals surface area contributed by atoms with E-state index in [9.17, 15) is 5.11 Å². The SMILES string of the molecule is NCC1(O)CCC2(CC1)CC2. The number of rotatable bonds is 1. The fourth-order valence-corrected chi connectivity index (χ4v) is 2.13. The van der Waals surface area contributed by atoms with E-state index in [-0.39, 0.29) is 0 Å². The number of hydrogen-bond donors (Lipinski definition) is 2. The first-order valence-corrected chi connectivity index (χ1v) is 4.61. The van der Waals surface area contributed by atoms with Crippen LogP contribution in [-0.2, 0) is 0 Å². The Morgan fingerprint density at radius 3 is 1.82 bits per heavy atom. The molecule has 2 saturated carbocycles. The van der Waals surface area contributed by atoms with Gasteiger partial charge >= 0.3 is 0 Å². The molecule has 2 fully saturated rings. The minimum absolute atomic E-state index is 0.448. The Kier molecular flexibility index (Phi) is 1.52. The summed E-state index contributed by atoms with van der Waals surface area (Å²) >= 11 is 0. The van der Waals surface area contributed by atoms with Crippen molar-refractivity contribution in [3.05, 3.63) is 0 Å². The number of hydrogen-bond acceptors (Lipinski definition) is 2. The lowest BCUT2D eigenvalue weighted by molar-refractivity contribution is -0.00536. The third kappa shape index (κ3) is 1.30. The summed E-state index contributed by atoms with van der Waals surface area (Å²) in [7, 11) is 0. The average molecular weight is 155 g/mol. The van der Waals surface area contributed by atoms with Gasteiger partial charge in [0.15, 0.2) is 0 Å². The lowest BCUT2D eigenvalue weighted by atomic mass is 9.77. The molecule has 1 spiro atoms. The van der Waals surface area contributed by atoms with E-state index < -0.39 is 5.60 Å². The van der Waals surface area contributed by atoms with Gasteiger partial charge in [0.1, 0.15) is 0 Å². The minimum Gasteiger partial charge on any atom is -0.389 e. The van der Waals surface area contributed by atoms with Crippen LogP contribution in [0.4, 0.5) is 0 Å². The van der Waals surface area contributed by atoms with Gasteiger partial charge < -0.3 is 10.8 Å². The van der Waals surface area contributed by atoms with Crippen molar-refractivity contribution in [2.45, 2.75) is 44.1 Å². The Morgan fingerprint density at radius 1 is 1.00 bits per heavy atom. The van der Waals surface area contributed by atoms with E-state index in [1.165, 1.54) is 25.7 Å². The molecule has 0 heterocycles. The van der Waals surface area contributed by atoms with Gasteiger partial charge in [-0.1, -0.05) is 0 Å². The van der Waals surface area contributed by atoms with Crippen LogP contribution in [0.5, 0.6) is 0 Å². The van der Waals surface area contributed by atoms with Crippen LogP contribution in [0.15, 0.2) is 0 Å². The Morgan fingerprint density at radius 2 is 1.45 bits per heavy atom. The van der Waals surface area contributed by atoms with Crippen molar-refractivity contribution >= 4 is 0 Å². The summed E-state index contributed by atoms with van der Waals surface area (Å²) < 4.78 is 0. The first kappa shape index (κ1) is 7.56. The smallest absolute Gasteiger partial charge is 0.0769 e. The topological polar surface area (TPSA) is 46.2 Å². The summed E-state index contributed by atoms with van der Waals surface area (Å²) in [6.45, 7) is 0.448. The largest absolute Gasteiger partial charge is 0.389 e. The molecule has 0 aliphatic heterocycles. The van der Waals surface area contributed by atoms with Crippen molar-refractivity contribution < 1.29 is 5.11 Å². The van der Waals surface area contributed by atoms with Crippen LogP contribution < -0.4 is 5.73 Å². The van der Waals surface area contributed by atoms with E-state index in [1.54, 1.807) is 0 Å². The standard InChI is InChI=1S/C9H17NO/c10-7-9(11)5-3-8(1-2-8)4-6-9/h11H,1-7,10H2. The lowest BCUT2D eigenvalue weighted by Gasteiger charge is -2.35. The second-order valence-corrected chi connectivity index (χ2v) is 4.43. The monoisotopic (exact) mass is 155 g/mol. The van der Waals surface area contributed by atoms with E-state index in [1.807, 2.05) is 0 Å². The van der Waals surface area contributed by atoms with Crippen LogP contribution in [0.3, 0.4) is 0 Å². The van der Waals surface area contributed by atoms with Crippen molar-refractivity contribution in [1.82, 2.24) is 0 Å². The molecule has 0 unspecified atom stereocenters. The summed E-state index contributed by atoms with van der Waals surface area (Å²) in [5.41, 5.74) is 5.66. The van der Waals surface area contributed by atoms with Gasteiger partial charge in [-0.2, -0.15) is 0 Å². The first-order chi connectivity index (χ1) is 5.18. The number of aliphatic hydroxyl groups is 1. The molecular weight excluding hydrogens is 138 g/mol. The highest BCUT2D eigenvalue weighted by molar-refractivity contribution is 5.00. The fraction of sp³-hybridized carbons (Fsp3) is 1.00. The first-order valence-electron chi connectivity index (χ1n) is 4.61. The maximum absolute atomic E-state index is 9.82. The normalized spacial score (nSPS) is 32.2. The van der Waals surface area contributed by atoms with Gasteiger partial charge in [0.05, 0.1) is 5.60 Å². The molecule has 0 aromatic carbocycles. The molecule has 2 rings (SSSR count). The van der Waals surface area contributed by atoms with Gasteiger partial charge in [-0.15, -0.1) is 0 Å². The summed E-state index contributed by atoms with van der Waals surface area (Å²) in [5.74, 6) is 0. The summed E-state index contributed by atoms with van der Waals surface area (Å²) in [5, 5.41) is 9.82. The van der Waals surface area contributed by atoms with Crippen molar-refractivity contribution in [3.8, 4) is 0 Å². The zero-order valence-electron chi connectivity index (χ0n) is 6.97. The van der Waals surface area contributed by atoms with Gasteiger partial charge in [-0.05, 0) is 43.9 Å². The molecule has 0 amide bonds. The third-order valence-electron chi connectivity index (χ3n) is 3.58. The predicted molar refractivity (Wildman–Crippen MR) is 44.1 cm³/mol. The Bertz CT molecular complexity index is 153. The summed E-state index contributed by atoms with van der Waals surface area (Å²) in [6.07, 6.45) is 7.08. The molecule has 64 valence electrons. The van der Waals surface area contributed by atoms with Crippen LogP contribution in [0.25, 0.3) is 0 Å². The maximum atomic E-state index is 9.82. The fourth-order valence-electron chi connectivity index (χ4n) is 2.13. The molecule has 2 nitrogen and oxygen atoms in total. The van der Waals surface area contributed by atoms with Crippen molar-refractivity contribution in [2.24, 2.45) is 11.1 Å². The Labute approximate surface area is 67.8 Å². The zero-order chi connectivity index (χ0) is 7.95. The molecule has 0 aromatic heterocycles. The highest BCUT2D eigenvalue weighted by Crippen LogP contribution is 2.57. The molecule has 0 aromatic rings. The highest BCUT2D eigenvalue weighted by Gasteiger charge is 2.48. The Balaban J connectivity index is 1.93. The van der Waals surface area contributed by atoms with Crippen molar-refractivity contribution in [3.63, 3.8) is 0 Å². The average Bonchev–Trinajstić information content (AvgIpc) is 2.78. The second kappa shape index (κ2) is 2.20. The van der Waals surface area contributed by atoms with Crippen molar-refractivity contribution in [2.75, 3.05) is 6.54 Å². The quantitative estimate of drug-likeness (QED) is 0.594. The molecule has 0 radical (unpaired) electrons. The third-order valence-corrected chi connectivity index (χ3v) is 3.58.